The Bertz CT molecular complexity index is 818. The van der Waals surface area contributed by atoms with Gasteiger partial charge in [-0.25, -0.2) is 0 Å². The summed E-state index contributed by atoms with van der Waals surface area (Å²) in [7, 11) is 2.99. The van der Waals surface area contributed by atoms with E-state index in [0.29, 0.717) is 28.7 Å². The smallest absolute Gasteiger partial charge is 0.279 e. The number of amides is 2. The van der Waals surface area contributed by atoms with E-state index in [0.717, 1.165) is 0 Å². The van der Waals surface area contributed by atoms with Crippen LogP contribution in [0, 0.1) is 0 Å². The molecule has 0 aliphatic carbocycles. The number of rotatable bonds is 7. The van der Waals surface area contributed by atoms with Gasteiger partial charge in [0.1, 0.15) is 5.75 Å². The molecule has 0 heterocycles. The molecule has 2 aromatic carbocycles. The van der Waals surface area contributed by atoms with Crippen LogP contribution in [0.3, 0.4) is 0 Å². The molecule has 2 rings (SSSR count). The number of nitrogens with one attached hydrogen (secondary N) is 2. The lowest BCUT2D eigenvalue weighted by Crippen LogP contribution is -2.47. The van der Waals surface area contributed by atoms with E-state index in [1.807, 2.05) is 24.3 Å². The Kier molecular flexibility index (Phi) is 7.26. The second kappa shape index (κ2) is 9.64. The van der Waals surface area contributed by atoms with E-state index >= 15 is 0 Å². The van der Waals surface area contributed by atoms with Gasteiger partial charge in [0, 0.05) is 5.56 Å². The average molecular weight is 386 g/mol. The summed E-state index contributed by atoms with van der Waals surface area (Å²) in [5, 5.41) is 0. The van der Waals surface area contributed by atoms with E-state index in [9.17, 15) is 9.59 Å². The lowest BCUT2D eigenvalue weighted by atomic mass is 10.0. The summed E-state index contributed by atoms with van der Waals surface area (Å²) < 4.78 is 15.9. The van der Waals surface area contributed by atoms with Gasteiger partial charge in [0.05, 0.1) is 14.2 Å². The molecule has 150 valence electrons. The summed E-state index contributed by atoms with van der Waals surface area (Å²) in [5.41, 5.74) is 6.23. The van der Waals surface area contributed by atoms with Gasteiger partial charge in [-0.3, -0.25) is 20.4 Å². The van der Waals surface area contributed by atoms with Crippen LogP contribution in [0.15, 0.2) is 42.5 Å². The molecule has 0 aliphatic rings. The highest BCUT2D eigenvalue weighted by Gasteiger charge is 2.17. The molecule has 0 saturated carbocycles. The van der Waals surface area contributed by atoms with E-state index in [1.54, 1.807) is 19.1 Å². The molecule has 0 radical (unpaired) electrons. The monoisotopic (exact) mass is 386 g/mol. The van der Waals surface area contributed by atoms with E-state index < -0.39 is 17.9 Å². The van der Waals surface area contributed by atoms with Crippen molar-refractivity contribution in [3.8, 4) is 17.2 Å². The number of benzene rings is 2. The molecule has 7 heteroatoms. The normalized spacial score (nSPS) is 11.5. The van der Waals surface area contributed by atoms with Crippen molar-refractivity contribution >= 4 is 11.8 Å². The van der Waals surface area contributed by atoms with Crippen LogP contribution < -0.4 is 25.1 Å². The lowest BCUT2D eigenvalue weighted by molar-refractivity contribution is -0.128. The van der Waals surface area contributed by atoms with Crippen LogP contribution in [0.2, 0.25) is 0 Å². The predicted molar refractivity (Wildman–Crippen MR) is 106 cm³/mol. The first kappa shape index (κ1) is 21.1. The molecule has 28 heavy (non-hydrogen) atoms. The minimum absolute atomic E-state index is 0.316. The Morgan fingerprint density at radius 2 is 1.50 bits per heavy atom. The highest BCUT2D eigenvalue weighted by atomic mass is 16.5. The van der Waals surface area contributed by atoms with E-state index in [-0.39, 0.29) is 0 Å². The molecule has 0 spiro atoms. The number of carbonyl (C=O) groups is 2. The standard InChI is InChI=1S/C21H26N2O5/c1-13(2)15-6-9-17(10-7-15)28-14(3)20(24)22-23-21(25)16-8-11-18(26-4)19(12-16)27-5/h6-14H,1-5H3,(H,22,24)(H,23,25)/t14-/m1/s1. The quantitative estimate of drug-likeness (QED) is 0.715. The summed E-state index contributed by atoms with van der Waals surface area (Å²) >= 11 is 0. The molecule has 7 nitrogen and oxygen atoms in total. The second-order valence-corrected chi connectivity index (χ2v) is 6.50. The van der Waals surface area contributed by atoms with Gasteiger partial charge in [0.15, 0.2) is 17.6 Å². The fourth-order valence-electron chi connectivity index (χ4n) is 2.46. The topological polar surface area (TPSA) is 85.9 Å². The molecule has 0 aliphatic heterocycles. The molecule has 2 N–H and O–H groups in total. The lowest BCUT2D eigenvalue weighted by Gasteiger charge is -2.16. The summed E-state index contributed by atoms with van der Waals surface area (Å²) in [6.07, 6.45) is -0.782. The van der Waals surface area contributed by atoms with Crippen LogP contribution >= 0.6 is 0 Å². The maximum absolute atomic E-state index is 12.2. The Morgan fingerprint density at radius 3 is 2.07 bits per heavy atom. The maximum Gasteiger partial charge on any atom is 0.279 e. The van der Waals surface area contributed by atoms with Crippen molar-refractivity contribution in [1.82, 2.24) is 10.9 Å². The summed E-state index contributed by atoms with van der Waals surface area (Å²) in [5.74, 6) is 0.973. The Balaban J connectivity index is 1.91. The van der Waals surface area contributed by atoms with Crippen molar-refractivity contribution in [1.29, 1.82) is 0 Å². The summed E-state index contributed by atoms with van der Waals surface area (Å²) in [6, 6.07) is 12.3. The molecule has 2 amide bonds. The Morgan fingerprint density at radius 1 is 0.857 bits per heavy atom. The van der Waals surface area contributed by atoms with Gasteiger partial charge >= 0.3 is 0 Å². The summed E-state index contributed by atoms with van der Waals surface area (Å²) in [6.45, 7) is 5.81. The van der Waals surface area contributed by atoms with Gasteiger partial charge < -0.3 is 14.2 Å². The number of hydrogen-bond acceptors (Lipinski definition) is 5. The van der Waals surface area contributed by atoms with Crippen LogP contribution in [0.4, 0.5) is 0 Å². The predicted octanol–water partition coefficient (Wildman–Crippen LogP) is 3.06. The van der Waals surface area contributed by atoms with Crippen molar-refractivity contribution in [3.05, 3.63) is 53.6 Å². The van der Waals surface area contributed by atoms with Crippen LogP contribution in [0.5, 0.6) is 17.2 Å². The van der Waals surface area contributed by atoms with Gasteiger partial charge in [-0.15, -0.1) is 0 Å². The minimum Gasteiger partial charge on any atom is -0.493 e. The Labute approximate surface area is 165 Å². The van der Waals surface area contributed by atoms with Crippen LogP contribution in [-0.4, -0.2) is 32.1 Å². The van der Waals surface area contributed by atoms with Crippen molar-refractivity contribution in [3.63, 3.8) is 0 Å². The maximum atomic E-state index is 12.2. The van der Waals surface area contributed by atoms with Crippen molar-refractivity contribution in [2.75, 3.05) is 14.2 Å². The number of hydrogen-bond donors (Lipinski definition) is 2. The number of methoxy groups -OCH3 is 2. The second-order valence-electron chi connectivity index (χ2n) is 6.50. The van der Waals surface area contributed by atoms with E-state index in [2.05, 4.69) is 24.7 Å². The van der Waals surface area contributed by atoms with Gasteiger partial charge in [0.2, 0.25) is 0 Å². The zero-order valence-electron chi connectivity index (χ0n) is 16.7. The number of ether oxygens (including phenoxy) is 3. The van der Waals surface area contributed by atoms with Crippen molar-refractivity contribution < 1.29 is 23.8 Å². The van der Waals surface area contributed by atoms with E-state index in [1.165, 1.54) is 25.8 Å². The fraction of sp³-hybridized carbons (Fsp3) is 0.333. The zero-order chi connectivity index (χ0) is 20.7. The van der Waals surface area contributed by atoms with Gasteiger partial charge in [-0.1, -0.05) is 26.0 Å². The van der Waals surface area contributed by atoms with Crippen LogP contribution in [0.1, 0.15) is 42.6 Å². The van der Waals surface area contributed by atoms with Gasteiger partial charge in [-0.05, 0) is 48.7 Å². The minimum atomic E-state index is -0.782. The molecule has 1 atom stereocenters. The molecule has 2 aromatic rings. The van der Waals surface area contributed by atoms with Gasteiger partial charge in [-0.2, -0.15) is 0 Å². The largest absolute Gasteiger partial charge is 0.493 e. The summed E-state index contributed by atoms with van der Waals surface area (Å²) in [4.78, 5) is 24.4. The molecule has 0 unspecified atom stereocenters. The molecule has 0 aromatic heterocycles. The van der Waals surface area contributed by atoms with Crippen LogP contribution in [-0.2, 0) is 4.79 Å². The highest BCUT2D eigenvalue weighted by Crippen LogP contribution is 2.27. The first-order chi connectivity index (χ1) is 13.3. The fourth-order valence-corrected chi connectivity index (χ4v) is 2.46. The highest BCUT2D eigenvalue weighted by molar-refractivity contribution is 5.96. The molecular weight excluding hydrogens is 360 g/mol. The van der Waals surface area contributed by atoms with Gasteiger partial charge in [0.25, 0.3) is 11.8 Å². The first-order valence-corrected chi connectivity index (χ1v) is 8.94. The Hall–Kier alpha value is -3.22. The number of hydrazine groups is 1. The molecule has 0 bridgehead atoms. The SMILES string of the molecule is COc1ccc(C(=O)NNC(=O)[C@@H](C)Oc2ccc(C(C)C)cc2)cc1OC. The third-order valence-electron chi connectivity index (χ3n) is 4.17. The molecule has 0 saturated heterocycles. The first-order valence-electron chi connectivity index (χ1n) is 8.94. The van der Waals surface area contributed by atoms with Crippen molar-refractivity contribution in [2.24, 2.45) is 0 Å². The van der Waals surface area contributed by atoms with Crippen molar-refractivity contribution in [2.45, 2.75) is 32.8 Å². The van der Waals surface area contributed by atoms with Crippen LogP contribution in [0.25, 0.3) is 0 Å². The molecule has 0 fully saturated rings. The van der Waals surface area contributed by atoms with E-state index in [4.69, 9.17) is 14.2 Å². The third kappa shape index (κ3) is 5.39. The molecular formula is C21H26N2O5. The zero-order valence-corrected chi connectivity index (χ0v) is 16.7. The average Bonchev–Trinajstić information content (AvgIpc) is 2.71. The number of carbonyl (C=O) groups excluding carboxylic acids is 2. The third-order valence-corrected chi connectivity index (χ3v) is 4.17.